The van der Waals surface area contributed by atoms with Crippen LogP contribution in [0.1, 0.15) is 26.7 Å². The summed E-state index contributed by atoms with van der Waals surface area (Å²) in [6.45, 7) is 5.55. The van der Waals surface area contributed by atoms with Gasteiger partial charge in [-0.15, -0.1) is 0 Å². The summed E-state index contributed by atoms with van der Waals surface area (Å²) >= 11 is 0. The predicted molar refractivity (Wildman–Crippen MR) is 57.0 cm³/mol. The van der Waals surface area contributed by atoms with Crippen molar-refractivity contribution in [2.45, 2.75) is 26.7 Å². The molecule has 0 aromatic heterocycles. The van der Waals surface area contributed by atoms with Crippen molar-refractivity contribution in [3.63, 3.8) is 0 Å². The van der Waals surface area contributed by atoms with Crippen molar-refractivity contribution in [2.24, 2.45) is 11.1 Å². The summed E-state index contributed by atoms with van der Waals surface area (Å²) in [5, 5.41) is 2.83. The fraction of sp³-hybridized carbons (Fsp3) is 0.900. The van der Waals surface area contributed by atoms with E-state index in [9.17, 15) is 4.79 Å². The Morgan fingerprint density at radius 1 is 1.43 bits per heavy atom. The van der Waals surface area contributed by atoms with E-state index in [0.29, 0.717) is 13.1 Å². The molecule has 0 rings (SSSR count). The highest BCUT2D eigenvalue weighted by atomic mass is 16.5. The number of nitrogens with two attached hydrogens (primary N) is 1. The second-order valence-corrected chi connectivity index (χ2v) is 3.62. The molecule has 0 spiro atoms. The van der Waals surface area contributed by atoms with Crippen LogP contribution >= 0.6 is 0 Å². The van der Waals surface area contributed by atoms with E-state index in [0.717, 1.165) is 12.8 Å². The zero-order chi connectivity index (χ0) is 11.0. The van der Waals surface area contributed by atoms with E-state index >= 15 is 0 Å². The van der Waals surface area contributed by atoms with Crippen LogP contribution in [0.15, 0.2) is 0 Å². The van der Waals surface area contributed by atoms with Crippen molar-refractivity contribution in [1.29, 1.82) is 0 Å². The maximum atomic E-state index is 11.2. The number of carbonyl (C=O) groups excluding carboxylic acids is 1. The van der Waals surface area contributed by atoms with E-state index in [4.69, 9.17) is 10.5 Å². The molecule has 0 saturated heterocycles. The summed E-state index contributed by atoms with van der Waals surface area (Å²) in [5.74, 6) is -0.0766. The van der Waals surface area contributed by atoms with Crippen molar-refractivity contribution < 1.29 is 9.53 Å². The maximum absolute atomic E-state index is 11.2. The lowest BCUT2D eigenvalue weighted by Gasteiger charge is -2.30. The van der Waals surface area contributed by atoms with Crippen LogP contribution in [0.25, 0.3) is 0 Å². The van der Waals surface area contributed by atoms with Crippen molar-refractivity contribution in [1.82, 2.24) is 5.32 Å². The van der Waals surface area contributed by atoms with Gasteiger partial charge in [-0.2, -0.15) is 0 Å². The van der Waals surface area contributed by atoms with Gasteiger partial charge in [0.25, 0.3) is 0 Å². The van der Waals surface area contributed by atoms with E-state index < -0.39 is 0 Å². The Kier molecular flexibility index (Phi) is 6.49. The van der Waals surface area contributed by atoms with Gasteiger partial charge < -0.3 is 15.8 Å². The first-order chi connectivity index (χ1) is 6.64. The molecule has 0 saturated carbocycles. The first-order valence-electron chi connectivity index (χ1n) is 5.09. The van der Waals surface area contributed by atoms with Crippen molar-refractivity contribution in [3.05, 3.63) is 0 Å². The van der Waals surface area contributed by atoms with Crippen LogP contribution in [0.5, 0.6) is 0 Å². The minimum atomic E-state index is -0.0766. The summed E-state index contributed by atoms with van der Waals surface area (Å²) in [6, 6.07) is 0. The second-order valence-electron chi connectivity index (χ2n) is 3.62. The zero-order valence-electron chi connectivity index (χ0n) is 9.43. The van der Waals surface area contributed by atoms with Crippen molar-refractivity contribution in [2.75, 3.05) is 26.8 Å². The van der Waals surface area contributed by atoms with Gasteiger partial charge in [0.2, 0.25) is 5.91 Å². The van der Waals surface area contributed by atoms with E-state index in [1.165, 1.54) is 7.11 Å². The Morgan fingerprint density at radius 2 is 2.00 bits per heavy atom. The molecule has 4 heteroatoms. The second kappa shape index (κ2) is 6.79. The van der Waals surface area contributed by atoms with Crippen LogP contribution in [0.4, 0.5) is 0 Å². The molecule has 4 nitrogen and oxygen atoms in total. The lowest BCUT2D eigenvalue weighted by Crippen LogP contribution is -2.42. The third kappa shape index (κ3) is 4.07. The number of carbonyl (C=O) groups is 1. The number of hydrogen-bond donors (Lipinski definition) is 2. The average molecular weight is 202 g/mol. The molecule has 0 aromatic carbocycles. The Hall–Kier alpha value is -0.610. The molecule has 3 N–H and O–H groups in total. The molecular weight excluding hydrogens is 180 g/mol. The Morgan fingerprint density at radius 3 is 2.36 bits per heavy atom. The minimum absolute atomic E-state index is 0.0450. The molecule has 0 unspecified atom stereocenters. The molecule has 0 aliphatic rings. The Balaban J connectivity index is 3.99. The third-order valence-electron chi connectivity index (χ3n) is 2.87. The van der Waals surface area contributed by atoms with E-state index in [1.807, 2.05) is 0 Å². The van der Waals surface area contributed by atoms with Crippen LogP contribution < -0.4 is 11.1 Å². The molecule has 0 aromatic rings. The van der Waals surface area contributed by atoms with E-state index in [2.05, 4.69) is 19.2 Å². The number of nitrogens with one attached hydrogen (secondary N) is 1. The van der Waals surface area contributed by atoms with Crippen LogP contribution in [0.3, 0.4) is 0 Å². The molecule has 0 heterocycles. The number of rotatable bonds is 7. The quantitative estimate of drug-likeness (QED) is 0.632. The molecule has 84 valence electrons. The largest absolute Gasteiger partial charge is 0.375 e. The Labute approximate surface area is 86.2 Å². The highest BCUT2D eigenvalue weighted by Gasteiger charge is 2.24. The van der Waals surface area contributed by atoms with Crippen molar-refractivity contribution in [3.8, 4) is 0 Å². The molecule has 14 heavy (non-hydrogen) atoms. The molecule has 0 fully saturated rings. The molecular formula is C10H22N2O2. The zero-order valence-corrected chi connectivity index (χ0v) is 9.43. The fourth-order valence-corrected chi connectivity index (χ4v) is 1.33. The predicted octanol–water partition coefficient (Wildman–Crippen LogP) is 0.514. The lowest BCUT2D eigenvalue weighted by molar-refractivity contribution is -0.125. The highest BCUT2D eigenvalue weighted by molar-refractivity contribution is 5.77. The number of hydrogen-bond acceptors (Lipinski definition) is 3. The summed E-state index contributed by atoms with van der Waals surface area (Å²) in [7, 11) is 1.51. The van der Waals surface area contributed by atoms with Crippen LogP contribution in [0, 0.1) is 5.41 Å². The molecule has 0 radical (unpaired) electrons. The first-order valence-corrected chi connectivity index (χ1v) is 5.09. The van der Waals surface area contributed by atoms with Crippen molar-refractivity contribution >= 4 is 5.91 Å². The molecule has 0 aliphatic heterocycles. The SMILES string of the molecule is CCC(CC)(CN)CNC(=O)COC. The maximum Gasteiger partial charge on any atom is 0.246 e. The lowest BCUT2D eigenvalue weighted by atomic mass is 9.82. The Bertz CT molecular complexity index is 159. The smallest absolute Gasteiger partial charge is 0.246 e. The van der Waals surface area contributed by atoms with Gasteiger partial charge in [-0.3, -0.25) is 4.79 Å². The molecule has 0 aliphatic carbocycles. The molecule has 1 amide bonds. The van der Waals surface area contributed by atoms with Crippen LogP contribution in [0.2, 0.25) is 0 Å². The van der Waals surface area contributed by atoms with E-state index in [-0.39, 0.29) is 17.9 Å². The number of methoxy groups -OCH3 is 1. The fourth-order valence-electron chi connectivity index (χ4n) is 1.33. The van der Waals surface area contributed by atoms with Gasteiger partial charge in [0.05, 0.1) is 0 Å². The van der Waals surface area contributed by atoms with Gasteiger partial charge in [-0.05, 0) is 24.8 Å². The molecule has 0 atom stereocenters. The van der Waals surface area contributed by atoms with Gasteiger partial charge in [0, 0.05) is 13.7 Å². The van der Waals surface area contributed by atoms with Gasteiger partial charge in [-0.25, -0.2) is 0 Å². The summed E-state index contributed by atoms with van der Waals surface area (Å²) in [6.07, 6.45) is 1.96. The first kappa shape index (κ1) is 13.4. The average Bonchev–Trinajstić information content (AvgIpc) is 2.21. The topological polar surface area (TPSA) is 64.3 Å². The number of amides is 1. The normalized spacial score (nSPS) is 11.4. The van der Waals surface area contributed by atoms with Crippen LogP contribution in [-0.4, -0.2) is 32.7 Å². The third-order valence-corrected chi connectivity index (χ3v) is 2.87. The summed E-state index contributed by atoms with van der Waals surface area (Å²) < 4.78 is 4.73. The van der Waals surface area contributed by atoms with Gasteiger partial charge in [-0.1, -0.05) is 13.8 Å². The van der Waals surface area contributed by atoms with Crippen LogP contribution in [-0.2, 0) is 9.53 Å². The highest BCUT2D eigenvalue weighted by Crippen LogP contribution is 2.23. The van der Waals surface area contributed by atoms with E-state index in [1.54, 1.807) is 0 Å². The van der Waals surface area contributed by atoms with Gasteiger partial charge >= 0.3 is 0 Å². The van der Waals surface area contributed by atoms with Gasteiger partial charge in [0.15, 0.2) is 0 Å². The summed E-state index contributed by atoms with van der Waals surface area (Å²) in [4.78, 5) is 11.2. The standard InChI is InChI=1S/C10H22N2O2/c1-4-10(5-2,7-11)8-12-9(13)6-14-3/h4-8,11H2,1-3H3,(H,12,13). The monoisotopic (exact) mass is 202 g/mol. The summed E-state index contributed by atoms with van der Waals surface area (Å²) in [5.41, 5.74) is 5.75. The number of ether oxygens (including phenoxy) is 1. The van der Waals surface area contributed by atoms with Gasteiger partial charge in [0.1, 0.15) is 6.61 Å². The molecule has 0 bridgehead atoms. The minimum Gasteiger partial charge on any atom is -0.375 e.